The third kappa shape index (κ3) is 3.83. The molecule has 0 atom stereocenters. The first-order chi connectivity index (χ1) is 8.15. The second-order valence-electron chi connectivity index (χ2n) is 4.02. The number of nitrogens with zero attached hydrogens (tertiary/aromatic N) is 2. The molecule has 0 aromatic carbocycles. The van der Waals surface area contributed by atoms with Crippen molar-refractivity contribution in [3.05, 3.63) is 18.5 Å². The van der Waals surface area contributed by atoms with E-state index in [1.54, 1.807) is 30.1 Å². The van der Waals surface area contributed by atoms with Crippen LogP contribution in [0.25, 0.3) is 0 Å². The molecule has 6 heteroatoms. The monoisotopic (exact) mass is 241 g/mol. The smallest absolute Gasteiger partial charge is 0.222 e. The molecule has 1 rings (SSSR count). The molecule has 3 N–H and O–H groups in total. The third-order valence-corrected chi connectivity index (χ3v) is 2.81. The number of carbonyl (C=O) groups excluding carboxylic acids is 1. The van der Waals surface area contributed by atoms with E-state index in [-0.39, 0.29) is 25.5 Å². The molecule has 1 aromatic rings. The van der Waals surface area contributed by atoms with E-state index in [1.807, 2.05) is 0 Å². The van der Waals surface area contributed by atoms with Crippen LogP contribution in [-0.2, 0) is 11.3 Å². The van der Waals surface area contributed by atoms with E-state index in [9.17, 15) is 15.0 Å². The summed E-state index contributed by atoms with van der Waals surface area (Å²) < 4.78 is 1.66. The zero-order chi connectivity index (χ0) is 12.7. The summed E-state index contributed by atoms with van der Waals surface area (Å²) in [5.74, 6) is -0.203. The molecule has 0 fully saturated rings. The maximum Gasteiger partial charge on any atom is 0.222 e. The largest absolute Gasteiger partial charge is 0.394 e. The van der Waals surface area contributed by atoms with Crippen LogP contribution in [0.1, 0.15) is 19.8 Å². The van der Waals surface area contributed by atoms with Gasteiger partial charge in [0.1, 0.15) is 0 Å². The average Bonchev–Trinajstić information content (AvgIpc) is 2.87. The van der Waals surface area contributed by atoms with Gasteiger partial charge in [0.05, 0.1) is 18.8 Å². The maximum atomic E-state index is 11.7. The number of hydrogen-bond acceptors (Lipinski definition) is 4. The van der Waals surface area contributed by atoms with Crippen LogP contribution in [0.5, 0.6) is 0 Å². The Labute approximate surface area is 100 Å². The molecule has 6 nitrogen and oxygen atoms in total. The van der Waals surface area contributed by atoms with Crippen molar-refractivity contribution < 1.29 is 15.0 Å². The van der Waals surface area contributed by atoms with Gasteiger partial charge in [-0.2, -0.15) is 5.10 Å². The topological polar surface area (TPSA) is 87.4 Å². The molecule has 1 amide bonds. The van der Waals surface area contributed by atoms with Gasteiger partial charge in [0.25, 0.3) is 0 Å². The molecular weight excluding hydrogens is 222 g/mol. The summed E-state index contributed by atoms with van der Waals surface area (Å²) in [7, 11) is 0. The van der Waals surface area contributed by atoms with Gasteiger partial charge in [0.2, 0.25) is 5.91 Å². The molecule has 1 heterocycles. The van der Waals surface area contributed by atoms with Gasteiger partial charge >= 0.3 is 0 Å². The summed E-state index contributed by atoms with van der Waals surface area (Å²) in [5, 5.41) is 25.0. The zero-order valence-electron chi connectivity index (χ0n) is 9.96. The Bertz CT molecular complexity index is 325. The molecule has 0 bridgehead atoms. The number of hydrogen-bond donors (Lipinski definition) is 3. The fourth-order valence-electron chi connectivity index (χ4n) is 1.45. The van der Waals surface area contributed by atoms with Crippen LogP contribution < -0.4 is 5.32 Å². The summed E-state index contributed by atoms with van der Waals surface area (Å²) in [4.78, 5) is 11.7. The van der Waals surface area contributed by atoms with Gasteiger partial charge < -0.3 is 15.5 Å². The number of aliphatic hydroxyl groups excluding tert-OH is 2. The molecule has 0 spiro atoms. The van der Waals surface area contributed by atoms with Gasteiger partial charge in [0.15, 0.2) is 0 Å². The zero-order valence-corrected chi connectivity index (χ0v) is 9.96. The molecule has 17 heavy (non-hydrogen) atoms. The van der Waals surface area contributed by atoms with Crippen LogP contribution in [0.15, 0.2) is 18.5 Å². The highest BCUT2D eigenvalue weighted by molar-refractivity contribution is 5.76. The van der Waals surface area contributed by atoms with E-state index in [2.05, 4.69) is 10.4 Å². The van der Waals surface area contributed by atoms with Gasteiger partial charge in [0, 0.05) is 25.4 Å². The Balaban J connectivity index is 2.42. The lowest BCUT2D eigenvalue weighted by molar-refractivity contribution is -0.124. The third-order valence-electron chi connectivity index (χ3n) is 2.81. The molecule has 0 aliphatic rings. The Hall–Kier alpha value is -1.40. The number of amides is 1. The van der Waals surface area contributed by atoms with Gasteiger partial charge in [-0.25, -0.2) is 0 Å². The Kier molecular flexibility index (Phi) is 5.11. The van der Waals surface area contributed by atoms with Crippen molar-refractivity contribution in [2.75, 3.05) is 13.2 Å². The second kappa shape index (κ2) is 6.36. The van der Waals surface area contributed by atoms with E-state index < -0.39 is 5.54 Å². The summed E-state index contributed by atoms with van der Waals surface area (Å²) in [6.45, 7) is 1.75. The Morgan fingerprint density at radius 3 is 2.65 bits per heavy atom. The molecule has 0 unspecified atom stereocenters. The SMILES string of the molecule is CCC(CO)(CO)NC(=O)CCn1cccn1. The molecule has 0 radical (unpaired) electrons. The van der Waals surface area contributed by atoms with Crippen molar-refractivity contribution in [1.82, 2.24) is 15.1 Å². The molecule has 0 aliphatic carbocycles. The van der Waals surface area contributed by atoms with Crippen LogP contribution in [0.4, 0.5) is 0 Å². The van der Waals surface area contributed by atoms with Crippen LogP contribution in [0, 0.1) is 0 Å². The normalized spacial score (nSPS) is 11.5. The highest BCUT2D eigenvalue weighted by Gasteiger charge is 2.28. The number of rotatable bonds is 7. The Morgan fingerprint density at radius 1 is 1.47 bits per heavy atom. The van der Waals surface area contributed by atoms with Gasteiger partial charge in [-0.1, -0.05) is 6.92 Å². The predicted octanol–water partition coefficient (Wildman–Crippen LogP) is -0.477. The quantitative estimate of drug-likeness (QED) is 0.602. The fraction of sp³-hybridized carbons (Fsp3) is 0.636. The van der Waals surface area contributed by atoms with Crippen molar-refractivity contribution in [2.24, 2.45) is 0 Å². The first kappa shape index (κ1) is 13.7. The second-order valence-corrected chi connectivity index (χ2v) is 4.02. The highest BCUT2D eigenvalue weighted by atomic mass is 16.3. The van der Waals surface area contributed by atoms with E-state index in [1.165, 1.54) is 0 Å². The predicted molar refractivity (Wildman–Crippen MR) is 62.2 cm³/mol. The van der Waals surface area contributed by atoms with Gasteiger partial charge in [-0.3, -0.25) is 9.48 Å². The lowest BCUT2D eigenvalue weighted by atomic mass is 9.98. The fourth-order valence-corrected chi connectivity index (χ4v) is 1.45. The molecule has 0 aliphatic heterocycles. The van der Waals surface area contributed by atoms with Crippen molar-refractivity contribution in [3.63, 3.8) is 0 Å². The summed E-state index contributed by atoms with van der Waals surface area (Å²) in [6, 6.07) is 1.79. The summed E-state index contributed by atoms with van der Waals surface area (Å²) in [6.07, 6.45) is 4.17. The average molecular weight is 241 g/mol. The Morgan fingerprint density at radius 2 is 2.18 bits per heavy atom. The molecule has 1 aromatic heterocycles. The molecule has 0 saturated heterocycles. The molecule has 96 valence electrons. The first-order valence-electron chi connectivity index (χ1n) is 5.66. The van der Waals surface area contributed by atoms with Crippen LogP contribution in [0.3, 0.4) is 0 Å². The van der Waals surface area contributed by atoms with Crippen molar-refractivity contribution in [1.29, 1.82) is 0 Å². The minimum atomic E-state index is -0.915. The van der Waals surface area contributed by atoms with Gasteiger partial charge in [-0.15, -0.1) is 0 Å². The van der Waals surface area contributed by atoms with Crippen molar-refractivity contribution >= 4 is 5.91 Å². The lowest BCUT2D eigenvalue weighted by Crippen LogP contribution is -2.53. The number of carbonyl (C=O) groups is 1. The molecule has 0 saturated carbocycles. The van der Waals surface area contributed by atoms with Crippen molar-refractivity contribution in [3.8, 4) is 0 Å². The van der Waals surface area contributed by atoms with E-state index >= 15 is 0 Å². The summed E-state index contributed by atoms with van der Waals surface area (Å²) in [5.41, 5.74) is -0.915. The molecular formula is C11H19N3O3. The minimum absolute atomic E-state index is 0.203. The van der Waals surface area contributed by atoms with Gasteiger partial charge in [-0.05, 0) is 12.5 Å². The number of aliphatic hydroxyl groups is 2. The number of aromatic nitrogens is 2. The lowest BCUT2D eigenvalue weighted by Gasteiger charge is -2.29. The first-order valence-corrected chi connectivity index (χ1v) is 5.66. The van der Waals surface area contributed by atoms with Crippen molar-refractivity contribution in [2.45, 2.75) is 31.8 Å². The maximum absolute atomic E-state index is 11.7. The van der Waals surface area contributed by atoms with E-state index in [0.29, 0.717) is 13.0 Å². The standard InChI is InChI=1S/C11H19N3O3/c1-2-11(8-15,9-16)13-10(17)4-7-14-6-3-5-12-14/h3,5-6,15-16H,2,4,7-9H2,1H3,(H,13,17). The van der Waals surface area contributed by atoms with Crippen LogP contribution in [0.2, 0.25) is 0 Å². The highest BCUT2D eigenvalue weighted by Crippen LogP contribution is 2.08. The van der Waals surface area contributed by atoms with Crippen LogP contribution >= 0.6 is 0 Å². The minimum Gasteiger partial charge on any atom is -0.394 e. The van der Waals surface area contributed by atoms with E-state index in [0.717, 1.165) is 0 Å². The number of nitrogens with one attached hydrogen (secondary N) is 1. The number of aryl methyl sites for hydroxylation is 1. The summed E-state index contributed by atoms with van der Waals surface area (Å²) >= 11 is 0. The van der Waals surface area contributed by atoms with E-state index in [4.69, 9.17) is 0 Å². The van der Waals surface area contributed by atoms with Crippen LogP contribution in [-0.4, -0.2) is 44.7 Å².